The predicted octanol–water partition coefficient (Wildman–Crippen LogP) is 3.72. The highest BCUT2D eigenvalue weighted by Gasteiger charge is 2.28. The average Bonchev–Trinajstić information content (AvgIpc) is 2.76. The Morgan fingerprint density at radius 1 is 1.00 bits per heavy atom. The van der Waals surface area contributed by atoms with Crippen molar-refractivity contribution in [2.24, 2.45) is 5.92 Å². The number of amides is 2. The normalized spacial score (nSPS) is 18.4. The van der Waals surface area contributed by atoms with Gasteiger partial charge in [0.15, 0.2) is 0 Å². The lowest BCUT2D eigenvalue weighted by molar-refractivity contribution is -0.133. The van der Waals surface area contributed by atoms with Crippen molar-refractivity contribution in [2.45, 2.75) is 83.1 Å². The molecule has 0 spiro atoms. The highest BCUT2D eigenvalue weighted by atomic mass is 32.2. The number of carbonyl (C=O) groups excluding carboxylic acids is 2. The zero-order valence-corrected chi connectivity index (χ0v) is 21.3. The standard InChI is InChI=1S/C25H39N3O4S/c1-19-10-12-21(33(31,32)26-25(2,3)4)18-22(19)24(30)28-16-14-27(15-17-28)23(29)13-11-20-8-6-5-7-9-20/h10,12,18,20,26H,5-9,11,13-17H2,1-4H3. The van der Waals surface area contributed by atoms with Crippen molar-refractivity contribution < 1.29 is 18.0 Å². The molecule has 2 aliphatic rings. The lowest BCUT2D eigenvalue weighted by Crippen LogP contribution is -2.50. The number of sulfonamides is 1. The largest absolute Gasteiger partial charge is 0.339 e. The van der Waals surface area contributed by atoms with Gasteiger partial charge >= 0.3 is 0 Å². The van der Waals surface area contributed by atoms with E-state index in [0.717, 1.165) is 12.0 Å². The fraction of sp³-hybridized carbons (Fsp3) is 0.680. The number of aryl methyl sites for hydroxylation is 1. The van der Waals surface area contributed by atoms with E-state index in [0.29, 0.717) is 44.1 Å². The Labute approximate surface area is 199 Å². The predicted molar refractivity (Wildman–Crippen MR) is 130 cm³/mol. The Balaban J connectivity index is 1.59. The molecule has 0 atom stereocenters. The number of hydrogen-bond donors (Lipinski definition) is 1. The lowest BCUT2D eigenvalue weighted by atomic mass is 9.86. The molecule has 1 aliphatic heterocycles. The van der Waals surface area contributed by atoms with Crippen LogP contribution in [0.2, 0.25) is 0 Å². The third-order valence-corrected chi connectivity index (χ3v) is 8.36. The van der Waals surface area contributed by atoms with Crippen LogP contribution in [-0.4, -0.2) is 61.7 Å². The van der Waals surface area contributed by atoms with E-state index >= 15 is 0 Å². The molecular formula is C25H39N3O4S. The number of carbonyl (C=O) groups is 2. The van der Waals surface area contributed by atoms with E-state index in [1.165, 1.54) is 44.2 Å². The second kappa shape index (κ2) is 10.6. The zero-order chi connectivity index (χ0) is 24.2. The molecule has 2 amide bonds. The number of hydrogen-bond acceptors (Lipinski definition) is 4. The maximum absolute atomic E-state index is 13.2. The van der Waals surface area contributed by atoms with Gasteiger partial charge in [0.2, 0.25) is 15.9 Å². The Morgan fingerprint density at radius 3 is 2.21 bits per heavy atom. The Hall–Kier alpha value is -1.93. The van der Waals surface area contributed by atoms with Gasteiger partial charge in [0, 0.05) is 43.7 Å². The van der Waals surface area contributed by atoms with Gasteiger partial charge in [-0.1, -0.05) is 38.2 Å². The van der Waals surface area contributed by atoms with Gasteiger partial charge in [-0.05, 0) is 57.7 Å². The molecular weight excluding hydrogens is 438 g/mol. The van der Waals surface area contributed by atoms with Gasteiger partial charge in [-0.3, -0.25) is 9.59 Å². The molecule has 0 radical (unpaired) electrons. The summed E-state index contributed by atoms with van der Waals surface area (Å²) in [5.41, 5.74) is 0.512. The molecule has 0 aromatic heterocycles. The molecule has 1 aromatic rings. The van der Waals surface area contributed by atoms with Gasteiger partial charge < -0.3 is 9.80 Å². The second-order valence-corrected chi connectivity index (χ2v) is 12.2. The Bertz CT molecular complexity index is 954. The van der Waals surface area contributed by atoms with Crippen LogP contribution < -0.4 is 4.72 Å². The molecule has 1 N–H and O–H groups in total. The van der Waals surface area contributed by atoms with Crippen LogP contribution in [0, 0.1) is 12.8 Å². The van der Waals surface area contributed by atoms with Crippen LogP contribution in [0.15, 0.2) is 23.1 Å². The van der Waals surface area contributed by atoms with Crippen LogP contribution in [0.25, 0.3) is 0 Å². The summed E-state index contributed by atoms with van der Waals surface area (Å²) >= 11 is 0. The molecule has 33 heavy (non-hydrogen) atoms. The van der Waals surface area contributed by atoms with Crippen molar-refractivity contribution in [3.8, 4) is 0 Å². The highest BCUT2D eigenvalue weighted by molar-refractivity contribution is 7.89. The van der Waals surface area contributed by atoms with Crippen LogP contribution in [0.1, 0.15) is 81.6 Å². The molecule has 1 heterocycles. The molecule has 3 rings (SSSR count). The molecule has 2 fully saturated rings. The first kappa shape index (κ1) is 25.7. The van der Waals surface area contributed by atoms with E-state index in [1.54, 1.807) is 31.7 Å². The summed E-state index contributed by atoms with van der Waals surface area (Å²) in [5.74, 6) is 0.685. The minimum Gasteiger partial charge on any atom is -0.339 e. The van der Waals surface area contributed by atoms with E-state index in [1.807, 2.05) is 11.8 Å². The number of piperazine rings is 1. The number of nitrogens with zero attached hydrogens (tertiary/aromatic N) is 2. The van der Waals surface area contributed by atoms with Gasteiger partial charge in [-0.25, -0.2) is 13.1 Å². The van der Waals surface area contributed by atoms with Gasteiger partial charge in [0.05, 0.1) is 4.90 Å². The van der Waals surface area contributed by atoms with Crippen molar-refractivity contribution >= 4 is 21.8 Å². The van der Waals surface area contributed by atoms with Crippen LogP contribution in [0.4, 0.5) is 0 Å². The van der Waals surface area contributed by atoms with E-state index in [-0.39, 0.29) is 16.7 Å². The highest BCUT2D eigenvalue weighted by Crippen LogP contribution is 2.27. The maximum atomic E-state index is 13.2. The van der Waals surface area contributed by atoms with Crippen molar-refractivity contribution in [3.63, 3.8) is 0 Å². The van der Waals surface area contributed by atoms with E-state index in [2.05, 4.69) is 4.72 Å². The van der Waals surface area contributed by atoms with Crippen molar-refractivity contribution in [2.75, 3.05) is 26.2 Å². The summed E-state index contributed by atoms with van der Waals surface area (Å²) in [7, 11) is -3.73. The SMILES string of the molecule is Cc1ccc(S(=O)(=O)NC(C)(C)C)cc1C(=O)N1CCN(C(=O)CCC2CCCCC2)CC1. The molecule has 1 saturated heterocycles. The fourth-order valence-electron chi connectivity index (χ4n) is 4.75. The molecule has 7 nitrogen and oxygen atoms in total. The van der Waals surface area contributed by atoms with Gasteiger partial charge in [0.1, 0.15) is 0 Å². The first-order valence-electron chi connectivity index (χ1n) is 12.2. The van der Waals surface area contributed by atoms with Gasteiger partial charge in [0.25, 0.3) is 5.91 Å². The summed E-state index contributed by atoms with van der Waals surface area (Å²) in [4.78, 5) is 29.5. The minimum absolute atomic E-state index is 0.0860. The van der Waals surface area contributed by atoms with E-state index in [4.69, 9.17) is 0 Å². The summed E-state index contributed by atoms with van der Waals surface area (Å²) < 4.78 is 28.1. The molecule has 1 aromatic carbocycles. The van der Waals surface area contributed by atoms with E-state index in [9.17, 15) is 18.0 Å². The first-order chi connectivity index (χ1) is 15.5. The summed E-state index contributed by atoms with van der Waals surface area (Å²) in [6.45, 7) is 9.12. The molecule has 184 valence electrons. The van der Waals surface area contributed by atoms with Gasteiger partial charge in [-0.2, -0.15) is 0 Å². The number of nitrogens with one attached hydrogen (secondary N) is 1. The smallest absolute Gasteiger partial charge is 0.254 e. The second-order valence-electron chi connectivity index (χ2n) is 10.5. The molecule has 1 saturated carbocycles. The van der Waals surface area contributed by atoms with Crippen molar-refractivity contribution in [1.82, 2.24) is 14.5 Å². The molecule has 1 aliphatic carbocycles. The van der Waals surface area contributed by atoms with Crippen LogP contribution in [0.5, 0.6) is 0 Å². The fourth-order valence-corrected chi connectivity index (χ4v) is 6.20. The summed E-state index contributed by atoms with van der Waals surface area (Å²) in [5, 5.41) is 0. The van der Waals surface area contributed by atoms with Crippen LogP contribution in [-0.2, 0) is 14.8 Å². The number of benzene rings is 1. The Kier molecular flexibility index (Phi) is 8.22. The summed E-state index contributed by atoms with van der Waals surface area (Å²) in [6, 6.07) is 4.67. The zero-order valence-electron chi connectivity index (χ0n) is 20.5. The van der Waals surface area contributed by atoms with Crippen LogP contribution in [0.3, 0.4) is 0 Å². The quantitative estimate of drug-likeness (QED) is 0.677. The summed E-state index contributed by atoms with van der Waals surface area (Å²) in [6.07, 6.45) is 7.95. The third kappa shape index (κ3) is 7.03. The van der Waals surface area contributed by atoms with E-state index < -0.39 is 15.6 Å². The topological polar surface area (TPSA) is 86.8 Å². The van der Waals surface area contributed by atoms with Gasteiger partial charge in [-0.15, -0.1) is 0 Å². The minimum atomic E-state index is -3.73. The Morgan fingerprint density at radius 2 is 1.61 bits per heavy atom. The van der Waals surface area contributed by atoms with Crippen molar-refractivity contribution in [3.05, 3.63) is 29.3 Å². The average molecular weight is 478 g/mol. The first-order valence-corrected chi connectivity index (χ1v) is 13.7. The van der Waals surface area contributed by atoms with Crippen molar-refractivity contribution in [1.29, 1.82) is 0 Å². The molecule has 8 heteroatoms. The molecule has 0 bridgehead atoms. The van der Waals surface area contributed by atoms with Crippen LogP contribution >= 0.6 is 0 Å². The lowest BCUT2D eigenvalue weighted by Gasteiger charge is -2.35. The monoisotopic (exact) mass is 477 g/mol. The number of rotatable bonds is 6. The maximum Gasteiger partial charge on any atom is 0.254 e. The molecule has 0 unspecified atom stereocenters. The third-order valence-electron chi connectivity index (χ3n) is 6.60.